The molecule has 2 aliphatic rings. The van der Waals surface area contributed by atoms with Crippen LogP contribution in [0.15, 0.2) is 71.5 Å². The molecule has 0 radical (unpaired) electrons. The third-order valence-electron chi connectivity index (χ3n) is 6.84. The maximum Gasteiger partial charge on any atom is 0.327 e. The summed E-state index contributed by atoms with van der Waals surface area (Å²) in [5.74, 6) is -2.22. The lowest BCUT2D eigenvalue weighted by atomic mass is 10.0. The van der Waals surface area contributed by atoms with Crippen LogP contribution in [0.1, 0.15) is 24.4 Å². The Morgan fingerprint density at radius 1 is 1.19 bits per heavy atom. The molecule has 4 heterocycles. The van der Waals surface area contributed by atoms with Gasteiger partial charge in [0.25, 0.3) is 5.91 Å². The standard InChI is InChI=1S/C26H26F2N6O2/c1-16(25(35)33-14-9-19-21(33)5-4-20(27)23(19)28)15-18(6-10-29)32-12-7-17(8-13-32)34-22-3-2-11-30-24(22)31-26(34)36/h2-6,10-11,15,17H,1,7-9,12-14,29H2,(H,30,31,36)/b10-6-,18-15+. The molecule has 10 heteroatoms. The number of benzene rings is 1. The van der Waals surface area contributed by atoms with E-state index in [0.717, 1.165) is 11.6 Å². The van der Waals surface area contributed by atoms with Crippen molar-refractivity contribution in [1.82, 2.24) is 19.4 Å². The number of hydrogen-bond acceptors (Lipinski definition) is 5. The molecular formula is C26H26F2N6O2. The minimum absolute atomic E-state index is 0.0102. The summed E-state index contributed by atoms with van der Waals surface area (Å²) in [4.78, 5) is 36.2. The zero-order valence-corrected chi connectivity index (χ0v) is 19.6. The van der Waals surface area contributed by atoms with Crippen molar-refractivity contribution in [2.45, 2.75) is 25.3 Å². The molecule has 0 saturated carbocycles. The van der Waals surface area contributed by atoms with E-state index in [0.29, 0.717) is 43.0 Å². The van der Waals surface area contributed by atoms with E-state index in [1.165, 1.54) is 17.2 Å². The monoisotopic (exact) mass is 492 g/mol. The average Bonchev–Trinajstić information content (AvgIpc) is 3.46. The van der Waals surface area contributed by atoms with E-state index >= 15 is 0 Å². The molecular weight excluding hydrogens is 466 g/mol. The molecule has 186 valence electrons. The van der Waals surface area contributed by atoms with Gasteiger partial charge < -0.3 is 15.5 Å². The Kier molecular flexibility index (Phi) is 6.17. The highest BCUT2D eigenvalue weighted by atomic mass is 19.2. The minimum atomic E-state index is -0.924. The molecule has 2 aliphatic heterocycles. The fourth-order valence-electron chi connectivity index (χ4n) is 5.09. The van der Waals surface area contributed by atoms with E-state index < -0.39 is 11.6 Å². The van der Waals surface area contributed by atoms with Crippen molar-refractivity contribution in [2.24, 2.45) is 5.73 Å². The quantitative estimate of drug-likeness (QED) is 0.421. The predicted molar refractivity (Wildman–Crippen MR) is 133 cm³/mol. The lowest BCUT2D eigenvalue weighted by molar-refractivity contribution is -0.114. The fourth-order valence-corrected chi connectivity index (χ4v) is 5.09. The lowest BCUT2D eigenvalue weighted by Crippen LogP contribution is -2.36. The number of piperidine rings is 1. The molecule has 2 aromatic heterocycles. The molecule has 3 N–H and O–H groups in total. The number of fused-ring (bicyclic) bond motifs is 2. The van der Waals surface area contributed by atoms with Crippen molar-refractivity contribution in [2.75, 3.05) is 24.5 Å². The minimum Gasteiger partial charge on any atom is -0.405 e. The molecule has 1 aromatic carbocycles. The normalized spacial score (nSPS) is 16.8. The first-order chi connectivity index (χ1) is 17.4. The first-order valence-corrected chi connectivity index (χ1v) is 11.8. The van der Waals surface area contributed by atoms with E-state index in [4.69, 9.17) is 5.73 Å². The number of pyridine rings is 1. The summed E-state index contributed by atoms with van der Waals surface area (Å²) in [5.41, 5.74) is 8.34. The number of nitrogens with two attached hydrogens (primary N) is 1. The summed E-state index contributed by atoms with van der Waals surface area (Å²) in [6.45, 7) is 5.47. The Bertz CT molecular complexity index is 1460. The number of carbonyl (C=O) groups is 1. The second-order valence-electron chi connectivity index (χ2n) is 8.91. The second-order valence-corrected chi connectivity index (χ2v) is 8.91. The molecule has 0 bridgehead atoms. The number of aromatic nitrogens is 3. The maximum absolute atomic E-state index is 14.1. The van der Waals surface area contributed by atoms with Crippen molar-refractivity contribution in [3.63, 3.8) is 0 Å². The molecule has 1 amide bonds. The van der Waals surface area contributed by atoms with E-state index in [-0.39, 0.29) is 41.7 Å². The SMILES string of the molecule is C=C(/C=C(\C=C/N)N1CCC(n2c(=O)[nH]c3ncccc32)CC1)C(=O)N1CCc2c1ccc(F)c2F. The van der Waals surface area contributed by atoms with Crippen LogP contribution in [0.4, 0.5) is 14.5 Å². The number of hydrogen-bond donors (Lipinski definition) is 2. The molecule has 0 unspecified atom stereocenters. The Balaban J connectivity index is 1.32. The predicted octanol–water partition coefficient (Wildman–Crippen LogP) is 3.14. The highest BCUT2D eigenvalue weighted by Gasteiger charge is 2.30. The van der Waals surface area contributed by atoms with Crippen LogP contribution in [0, 0.1) is 11.6 Å². The molecule has 5 rings (SSSR count). The van der Waals surface area contributed by atoms with Gasteiger partial charge in [0.05, 0.1) is 11.2 Å². The highest BCUT2D eigenvalue weighted by molar-refractivity contribution is 6.08. The van der Waals surface area contributed by atoms with Crippen LogP contribution < -0.4 is 16.3 Å². The van der Waals surface area contributed by atoms with Crippen molar-refractivity contribution in [3.05, 3.63) is 94.3 Å². The van der Waals surface area contributed by atoms with Gasteiger partial charge in [0.2, 0.25) is 0 Å². The van der Waals surface area contributed by atoms with E-state index in [1.807, 2.05) is 6.07 Å². The third kappa shape index (κ3) is 4.08. The Morgan fingerprint density at radius 3 is 2.72 bits per heavy atom. The fraction of sp³-hybridized carbons (Fsp3) is 0.269. The third-order valence-corrected chi connectivity index (χ3v) is 6.84. The highest BCUT2D eigenvalue weighted by Crippen LogP contribution is 2.33. The van der Waals surface area contributed by atoms with Crippen LogP contribution in [0.25, 0.3) is 11.2 Å². The number of carbonyl (C=O) groups excluding carboxylic acids is 1. The molecule has 1 fully saturated rings. The Hall–Kier alpha value is -4.21. The number of likely N-dealkylation sites (tertiary alicyclic amines) is 1. The topological polar surface area (TPSA) is 100 Å². The number of amides is 1. The average molecular weight is 493 g/mol. The largest absolute Gasteiger partial charge is 0.405 e. The van der Waals surface area contributed by atoms with Crippen molar-refractivity contribution < 1.29 is 13.6 Å². The van der Waals surface area contributed by atoms with Crippen molar-refractivity contribution in [1.29, 1.82) is 0 Å². The Morgan fingerprint density at radius 2 is 1.97 bits per heavy atom. The number of H-pyrrole nitrogens is 1. The van der Waals surface area contributed by atoms with Gasteiger partial charge in [0.15, 0.2) is 17.3 Å². The van der Waals surface area contributed by atoms with E-state index in [9.17, 15) is 18.4 Å². The molecule has 3 aromatic rings. The van der Waals surface area contributed by atoms with Crippen LogP contribution in [-0.4, -0.2) is 45.0 Å². The van der Waals surface area contributed by atoms with Gasteiger partial charge in [-0.2, -0.15) is 0 Å². The summed E-state index contributed by atoms with van der Waals surface area (Å²) in [7, 11) is 0. The summed E-state index contributed by atoms with van der Waals surface area (Å²) < 4.78 is 29.5. The summed E-state index contributed by atoms with van der Waals surface area (Å²) >= 11 is 0. The van der Waals surface area contributed by atoms with E-state index in [1.54, 1.807) is 29.0 Å². The number of allylic oxidation sites excluding steroid dienone is 1. The number of nitrogens with one attached hydrogen (secondary N) is 1. The Labute approximate surface area is 206 Å². The van der Waals surface area contributed by atoms with Crippen molar-refractivity contribution >= 4 is 22.8 Å². The molecule has 0 spiro atoms. The van der Waals surface area contributed by atoms with Gasteiger partial charge >= 0.3 is 5.69 Å². The van der Waals surface area contributed by atoms with Crippen LogP contribution in [0.3, 0.4) is 0 Å². The molecule has 0 atom stereocenters. The van der Waals surface area contributed by atoms with Gasteiger partial charge in [-0.05, 0) is 61.9 Å². The van der Waals surface area contributed by atoms with Gasteiger partial charge in [-0.15, -0.1) is 0 Å². The van der Waals surface area contributed by atoms with Gasteiger partial charge in [-0.1, -0.05) is 6.58 Å². The zero-order valence-electron chi connectivity index (χ0n) is 19.6. The van der Waals surface area contributed by atoms with Gasteiger partial charge in [0.1, 0.15) is 0 Å². The number of nitrogens with zero attached hydrogens (tertiary/aromatic N) is 4. The first kappa shape index (κ1) is 23.5. The molecule has 0 aliphatic carbocycles. The number of rotatable bonds is 5. The lowest BCUT2D eigenvalue weighted by Gasteiger charge is -2.35. The van der Waals surface area contributed by atoms with Crippen LogP contribution >= 0.6 is 0 Å². The van der Waals surface area contributed by atoms with Crippen molar-refractivity contribution in [3.8, 4) is 0 Å². The maximum atomic E-state index is 14.1. The summed E-state index contributed by atoms with van der Waals surface area (Å²) in [6, 6.07) is 6.14. The first-order valence-electron chi connectivity index (χ1n) is 11.8. The summed E-state index contributed by atoms with van der Waals surface area (Å²) in [5, 5.41) is 0. The van der Waals surface area contributed by atoms with Crippen LogP contribution in [0.5, 0.6) is 0 Å². The number of anilines is 1. The zero-order chi connectivity index (χ0) is 25.4. The summed E-state index contributed by atoms with van der Waals surface area (Å²) in [6.07, 6.45) is 8.07. The molecule has 1 saturated heterocycles. The van der Waals surface area contributed by atoms with Gasteiger partial charge in [-0.25, -0.2) is 18.6 Å². The smallest absolute Gasteiger partial charge is 0.327 e. The molecule has 8 nitrogen and oxygen atoms in total. The van der Waals surface area contributed by atoms with E-state index in [2.05, 4.69) is 21.4 Å². The number of imidazole rings is 1. The molecule has 36 heavy (non-hydrogen) atoms. The van der Waals surface area contributed by atoms with Crippen LogP contribution in [0.2, 0.25) is 0 Å². The van der Waals surface area contributed by atoms with Gasteiger partial charge in [0, 0.05) is 48.7 Å². The number of halogens is 2. The van der Waals surface area contributed by atoms with Gasteiger partial charge in [-0.3, -0.25) is 14.3 Å². The number of aromatic amines is 1. The second kappa shape index (κ2) is 9.44. The van der Waals surface area contributed by atoms with Crippen LogP contribution in [-0.2, 0) is 11.2 Å².